The monoisotopic (exact) mass is 294 g/mol. The van der Waals surface area contributed by atoms with Crippen molar-refractivity contribution in [3.63, 3.8) is 0 Å². The van der Waals surface area contributed by atoms with Gasteiger partial charge in [0, 0.05) is 12.5 Å². The van der Waals surface area contributed by atoms with Gasteiger partial charge in [0.25, 0.3) is 0 Å². The van der Waals surface area contributed by atoms with Gasteiger partial charge in [0.2, 0.25) is 5.78 Å². The average Bonchev–Trinajstić information content (AvgIpc) is 2.84. The average molecular weight is 294 g/mol. The normalized spacial score (nSPS) is 14.6. The van der Waals surface area contributed by atoms with Gasteiger partial charge < -0.3 is 9.47 Å². The zero-order valence-electron chi connectivity index (χ0n) is 12.0. The molecular formula is C18H14O4. The van der Waals surface area contributed by atoms with Gasteiger partial charge in [0.05, 0.1) is 5.56 Å². The predicted molar refractivity (Wildman–Crippen MR) is 81.7 cm³/mol. The van der Waals surface area contributed by atoms with Crippen LogP contribution in [0.2, 0.25) is 0 Å². The molecule has 0 unspecified atom stereocenters. The quantitative estimate of drug-likeness (QED) is 0.493. The van der Waals surface area contributed by atoms with E-state index in [2.05, 4.69) is 0 Å². The smallest absolute Gasteiger partial charge is 0.310 e. The first-order valence-corrected chi connectivity index (χ1v) is 7.01. The van der Waals surface area contributed by atoms with Crippen molar-refractivity contribution in [2.75, 3.05) is 0 Å². The van der Waals surface area contributed by atoms with Crippen LogP contribution in [0.4, 0.5) is 0 Å². The topological polar surface area (TPSA) is 52.6 Å². The van der Waals surface area contributed by atoms with E-state index in [0.29, 0.717) is 17.1 Å². The number of hydrogen-bond donors (Lipinski definition) is 0. The fourth-order valence-electron chi connectivity index (χ4n) is 2.13. The summed E-state index contributed by atoms with van der Waals surface area (Å²) < 4.78 is 10.7. The molecule has 2 aromatic rings. The van der Waals surface area contributed by atoms with Crippen molar-refractivity contribution in [2.24, 2.45) is 0 Å². The lowest BCUT2D eigenvalue weighted by molar-refractivity contribution is -0.134. The molecule has 0 aromatic heterocycles. The lowest BCUT2D eigenvalue weighted by Gasteiger charge is -2.03. The number of ether oxygens (including phenoxy) is 2. The van der Waals surface area contributed by atoms with Crippen molar-refractivity contribution in [1.29, 1.82) is 0 Å². The fraction of sp³-hybridized carbons (Fsp3) is 0.111. The maximum absolute atomic E-state index is 12.3. The number of Topliss-reactive ketones (excluding diaryl/α,β-unsaturated/α-hetero) is 1. The van der Waals surface area contributed by atoms with Gasteiger partial charge in [-0.2, -0.15) is 0 Å². The Balaban J connectivity index is 1.87. The fourth-order valence-corrected chi connectivity index (χ4v) is 2.13. The second kappa shape index (κ2) is 5.85. The van der Waals surface area contributed by atoms with Crippen LogP contribution >= 0.6 is 0 Å². The zero-order chi connectivity index (χ0) is 15.5. The Morgan fingerprint density at radius 2 is 1.95 bits per heavy atom. The van der Waals surface area contributed by atoms with Gasteiger partial charge in [-0.25, -0.2) is 0 Å². The number of hydrogen-bond acceptors (Lipinski definition) is 4. The minimum absolute atomic E-state index is 0.174. The molecule has 0 N–H and O–H groups in total. The van der Waals surface area contributed by atoms with Crippen molar-refractivity contribution in [2.45, 2.75) is 13.3 Å². The Kier molecular flexibility index (Phi) is 3.74. The summed E-state index contributed by atoms with van der Waals surface area (Å²) >= 11 is 0. The Bertz CT molecular complexity index is 760. The van der Waals surface area contributed by atoms with Crippen LogP contribution in [0.5, 0.6) is 11.5 Å². The molecule has 1 aliphatic heterocycles. The summed E-state index contributed by atoms with van der Waals surface area (Å²) in [5, 5.41) is 0. The van der Waals surface area contributed by atoms with Crippen molar-refractivity contribution >= 4 is 17.8 Å². The molecule has 3 rings (SSSR count). The number of fused-ring (bicyclic) bond motifs is 1. The largest absolute Gasteiger partial charge is 0.452 e. The number of carbonyl (C=O) groups excluding carboxylic acids is 2. The summed E-state index contributed by atoms with van der Waals surface area (Å²) in [5.74, 6) is 0.546. The van der Waals surface area contributed by atoms with E-state index in [1.807, 2.05) is 30.3 Å². The first kappa shape index (κ1) is 14.1. The van der Waals surface area contributed by atoms with Crippen LogP contribution in [-0.2, 0) is 4.79 Å². The number of esters is 1. The molecule has 4 heteroatoms. The van der Waals surface area contributed by atoms with Gasteiger partial charge in [-0.05, 0) is 23.8 Å². The Hall–Kier alpha value is -2.88. The van der Waals surface area contributed by atoms with E-state index >= 15 is 0 Å². The van der Waals surface area contributed by atoms with E-state index in [-0.39, 0.29) is 23.9 Å². The molecule has 110 valence electrons. The van der Waals surface area contributed by atoms with E-state index in [9.17, 15) is 9.59 Å². The second-order valence-corrected chi connectivity index (χ2v) is 4.84. The van der Waals surface area contributed by atoms with E-state index in [1.165, 1.54) is 0 Å². The molecule has 0 bridgehead atoms. The molecule has 0 aliphatic carbocycles. The summed E-state index contributed by atoms with van der Waals surface area (Å²) in [7, 11) is 0. The Labute approximate surface area is 128 Å². The maximum atomic E-state index is 12.3. The summed E-state index contributed by atoms with van der Waals surface area (Å²) in [5.41, 5.74) is 1.36. The third-order valence-corrected chi connectivity index (χ3v) is 3.26. The molecule has 0 saturated carbocycles. The van der Waals surface area contributed by atoms with E-state index < -0.39 is 0 Å². The third kappa shape index (κ3) is 2.76. The third-order valence-electron chi connectivity index (χ3n) is 3.26. The molecule has 1 heterocycles. The number of benzene rings is 2. The minimum Gasteiger partial charge on any atom is -0.452 e. The number of carbonyl (C=O) groups is 2. The molecule has 4 nitrogen and oxygen atoms in total. The summed E-state index contributed by atoms with van der Waals surface area (Å²) in [6.45, 7) is 1.72. The molecule has 0 radical (unpaired) electrons. The first-order chi connectivity index (χ1) is 10.7. The van der Waals surface area contributed by atoms with Gasteiger partial charge >= 0.3 is 5.97 Å². The molecule has 1 aliphatic rings. The maximum Gasteiger partial charge on any atom is 0.310 e. The van der Waals surface area contributed by atoms with Crippen molar-refractivity contribution in [3.05, 3.63) is 65.4 Å². The van der Waals surface area contributed by atoms with Crippen molar-refractivity contribution < 1.29 is 19.1 Å². The van der Waals surface area contributed by atoms with Crippen LogP contribution in [0.15, 0.2) is 54.3 Å². The lowest BCUT2D eigenvalue weighted by atomic mass is 10.1. The Morgan fingerprint density at radius 3 is 2.68 bits per heavy atom. The molecule has 0 amide bonds. The van der Waals surface area contributed by atoms with Crippen LogP contribution in [0.1, 0.15) is 29.3 Å². The van der Waals surface area contributed by atoms with E-state index in [0.717, 1.165) is 5.56 Å². The van der Waals surface area contributed by atoms with Crippen molar-refractivity contribution in [1.82, 2.24) is 0 Å². The summed E-state index contributed by atoms with van der Waals surface area (Å²) in [4.78, 5) is 23.6. The second-order valence-electron chi connectivity index (χ2n) is 4.84. The van der Waals surface area contributed by atoms with Crippen LogP contribution in [0, 0.1) is 0 Å². The lowest BCUT2D eigenvalue weighted by Crippen LogP contribution is -2.05. The SMILES string of the molecule is CCC(=O)Oc1ccc2c(c1)OC(=Cc1ccccc1)C2=O. The first-order valence-electron chi connectivity index (χ1n) is 7.01. The minimum atomic E-state index is -0.329. The van der Waals surface area contributed by atoms with Crippen LogP contribution in [-0.4, -0.2) is 11.8 Å². The highest BCUT2D eigenvalue weighted by molar-refractivity contribution is 6.14. The molecule has 0 spiro atoms. The highest BCUT2D eigenvalue weighted by atomic mass is 16.5. The highest BCUT2D eigenvalue weighted by Crippen LogP contribution is 2.34. The predicted octanol–water partition coefficient (Wildman–Crippen LogP) is 3.62. The highest BCUT2D eigenvalue weighted by Gasteiger charge is 2.27. The van der Waals surface area contributed by atoms with Crippen molar-refractivity contribution in [3.8, 4) is 11.5 Å². The van der Waals surface area contributed by atoms with Gasteiger partial charge in [0.1, 0.15) is 11.5 Å². The van der Waals surface area contributed by atoms with E-state index in [4.69, 9.17) is 9.47 Å². The number of allylic oxidation sites excluding steroid dienone is 1. The van der Waals surface area contributed by atoms with Crippen LogP contribution in [0.25, 0.3) is 6.08 Å². The standard InChI is InChI=1S/C18H14O4/c1-2-17(19)21-13-8-9-14-15(11-13)22-16(18(14)20)10-12-6-4-3-5-7-12/h3-11H,2H2,1H3. The summed E-state index contributed by atoms with van der Waals surface area (Å²) in [6, 6.07) is 14.2. The number of ketones is 1. The number of rotatable bonds is 3. The molecule has 0 fully saturated rings. The zero-order valence-corrected chi connectivity index (χ0v) is 12.0. The van der Waals surface area contributed by atoms with Gasteiger partial charge in [0.15, 0.2) is 5.76 Å². The summed E-state index contributed by atoms with van der Waals surface area (Å²) in [6.07, 6.45) is 1.98. The van der Waals surface area contributed by atoms with Crippen LogP contribution in [0.3, 0.4) is 0 Å². The molecular weight excluding hydrogens is 280 g/mol. The van der Waals surface area contributed by atoms with Gasteiger partial charge in [-0.15, -0.1) is 0 Å². The Morgan fingerprint density at radius 1 is 1.18 bits per heavy atom. The van der Waals surface area contributed by atoms with Crippen LogP contribution < -0.4 is 9.47 Å². The van der Waals surface area contributed by atoms with E-state index in [1.54, 1.807) is 31.2 Å². The van der Waals surface area contributed by atoms with Gasteiger partial charge in [-0.1, -0.05) is 37.3 Å². The van der Waals surface area contributed by atoms with Gasteiger partial charge in [-0.3, -0.25) is 9.59 Å². The molecule has 0 atom stereocenters. The molecule has 0 saturated heterocycles. The molecule has 2 aromatic carbocycles. The molecule has 22 heavy (non-hydrogen) atoms.